The zero-order valence-electron chi connectivity index (χ0n) is 9.25. The summed E-state index contributed by atoms with van der Waals surface area (Å²) in [4.78, 5) is 0. The van der Waals surface area contributed by atoms with Gasteiger partial charge >= 0.3 is 0 Å². The molecule has 0 aliphatic carbocycles. The molecule has 0 amide bonds. The van der Waals surface area contributed by atoms with Crippen molar-refractivity contribution in [3.63, 3.8) is 0 Å². The first-order valence-corrected chi connectivity index (χ1v) is 5.20. The summed E-state index contributed by atoms with van der Waals surface area (Å²) in [6.45, 7) is 4.05. The lowest BCUT2D eigenvalue weighted by atomic mass is 10.0. The lowest BCUT2D eigenvalue weighted by Crippen LogP contribution is -2.00. The summed E-state index contributed by atoms with van der Waals surface area (Å²) in [6, 6.07) is 10.2. The van der Waals surface area contributed by atoms with Crippen LogP contribution in [0.4, 0.5) is 0 Å². The monoisotopic (exact) mass is 200 g/mol. The Labute approximate surface area is 91.0 Å². The quantitative estimate of drug-likeness (QED) is 0.763. The largest absolute Gasteiger partial charge is 0.397 e. The molecule has 0 aromatic heterocycles. The van der Waals surface area contributed by atoms with Gasteiger partial charge in [0.25, 0.3) is 0 Å². The van der Waals surface area contributed by atoms with Crippen molar-refractivity contribution in [2.24, 2.45) is 5.73 Å². The summed E-state index contributed by atoms with van der Waals surface area (Å²) in [5, 5.41) is 8.87. The fraction of sp³-hybridized carbons (Fsp3) is 0.308. The van der Waals surface area contributed by atoms with Crippen LogP contribution >= 0.6 is 0 Å². The fourth-order valence-electron chi connectivity index (χ4n) is 1.42. The first kappa shape index (κ1) is 11.3. The summed E-state index contributed by atoms with van der Waals surface area (Å²) in [5.74, 6) is 0. The summed E-state index contributed by atoms with van der Waals surface area (Å²) >= 11 is 0. The Morgan fingerprint density at radius 3 is 2.27 bits per heavy atom. The van der Waals surface area contributed by atoms with Gasteiger partial charge in [0.2, 0.25) is 0 Å². The molecule has 1 rings (SSSR count). The van der Waals surface area contributed by atoms with Gasteiger partial charge in [-0.2, -0.15) is 5.26 Å². The topological polar surface area (TPSA) is 49.8 Å². The molecule has 0 aliphatic rings. The molecule has 0 aliphatic heterocycles. The Morgan fingerprint density at radius 1 is 1.27 bits per heavy atom. The van der Waals surface area contributed by atoms with E-state index in [2.05, 4.69) is 13.0 Å². The molecule has 1 aromatic rings. The number of nitrogens with two attached hydrogens (primary N) is 1. The van der Waals surface area contributed by atoms with Crippen LogP contribution in [0.15, 0.2) is 29.8 Å². The third-order valence-electron chi connectivity index (χ3n) is 2.49. The summed E-state index contributed by atoms with van der Waals surface area (Å²) in [6.07, 6.45) is 1.70. The van der Waals surface area contributed by atoms with E-state index in [0.29, 0.717) is 17.7 Å². The molecule has 0 radical (unpaired) electrons. The van der Waals surface area contributed by atoms with Gasteiger partial charge < -0.3 is 5.73 Å². The highest BCUT2D eigenvalue weighted by atomic mass is 14.6. The van der Waals surface area contributed by atoms with Crippen molar-refractivity contribution in [2.75, 3.05) is 0 Å². The van der Waals surface area contributed by atoms with Crippen LogP contribution in [-0.4, -0.2) is 0 Å². The third-order valence-corrected chi connectivity index (χ3v) is 2.49. The molecule has 0 bridgehead atoms. The maximum atomic E-state index is 8.87. The molecular weight excluding hydrogens is 184 g/mol. The molecule has 1 aromatic carbocycles. The van der Waals surface area contributed by atoms with Crippen LogP contribution in [0.5, 0.6) is 0 Å². The van der Waals surface area contributed by atoms with Crippen molar-refractivity contribution in [1.29, 1.82) is 5.26 Å². The van der Waals surface area contributed by atoms with E-state index in [1.807, 2.05) is 31.2 Å². The van der Waals surface area contributed by atoms with E-state index in [1.54, 1.807) is 0 Å². The van der Waals surface area contributed by atoms with E-state index in [1.165, 1.54) is 5.56 Å². The molecular formula is C13H16N2. The molecule has 2 heteroatoms. The number of nitrogens with zero attached hydrogens (tertiary/aromatic N) is 1. The number of hydrogen-bond acceptors (Lipinski definition) is 2. The van der Waals surface area contributed by atoms with Crippen LogP contribution in [0.1, 0.15) is 31.4 Å². The van der Waals surface area contributed by atoms with Gasteiger partial charge in [-0.15, -0.1) is 0 Å². The summed E-state index contributed by atoms with van der Waals surface area (Å²) in [5.41, 5.74) is 9.38. The first-order valence-electron chi connectivity index (χ1n) is 5.20. The zero-order chi connectivity index (χ0) is 11.3. The molecule has 0 saturated carbocycles. The summed E-state index contributed by atoms with van der Waals surface area (Å²) in [7, 11) is 0. The van der Waals surface area contributed by atoms with Gasteiger partial charge in [0.15, 0.2) is 0 Å². The zero-order valence-corrected chi connectivity index (χ0v) is 9.25. The van der Waals surface area contributed by atoms with E-state index >= 15 is 0 Å². The normalized spacial score (nSPS) is 11.8. The van der Waals surface area contributed by atoms with Gasteiger partial charge in [-0.3, -0.25) is 0 Å². The maximum Gasteiger partial charge on any atom is 0.0968 e. The predicted molar refractivity (Wildman–Crippen MR) is 62.8 cm³/mol. The number of benzene rings is 1. The minimum atomic E-state index is 0.600. The van der Waals surface area contributed by atoms with Crippen molar-refractivity contribution in [1.82, 2.24) is 0 Å². The minimum Gasteiger partial charge on any atom is -0.397 e. The Hall–Kier alpha value is -1.75. The Morgan fingerprint density at radius 2 is 1.87 bits per heavy atom. The van der Waals surface area contributed by atoms with Gasteiger partial charge in [0.1, 0.15) is 0 Å². The second-order valence-corrected chi connectivity index (χ2v) is 3.41. The molecule has 0 heterocycles. The molecule has 78 valence electrons. The van der Waals surface area contributed by atoms with Crippen LogP contribution in [0.3, 0.4) is 0 Å². The number of nitriles is 1. The predicted octanol–water partition coefficient (Wildman–Crippen LogP) is 2.85. The maximum absolute atomic E-state index is 8.87. The summed E-state index contributed by atoms with van der Waals surface area (Å²) < 4.78 is 0. The standard InChI is InChI=1S/C13H16N2/c1-3-10-5-7-12(8-6-10)13(15)11(4-2)9-14/h5-8H,3-4,15H2,1-2H3/b13-11-. The van der Waals surface area contributed by atoms with Crippen LogP contribution in [0.25, 0.3) is 5.70 Å². The minimum absolute atomic E-state index is 0.600. The van der Waals surface area contributed by atoms with E-state index < -0.39 is 0 Å². The van der Waals surface area contributed by atoms with Crippen molar-refractivity contribution in [3.8, 4) is 6.07 Å². The molecule has 0 fully saturated rings. The fourth-order valence-corrected chi connectivity index (χ4v) is 1.42. The van der Waals surface area contributed by atoms with Crippen molar-refractivity contribution < 1.29 is 0 Å². The van der Waals surface area contributed by atoms with Crippen LogP contribution in [0, 0.1) is 11.3 Å². The smallest absolute Gasteiger partial charge is 0.0968 e. The van der Waals surface area contributed by atoms with Crippen molar-refractivity contribution in [2.45, 2.75) is 26.7 Å². The molecule has 0 unspecified atom stereocenters. The van der Waals surface area contributed by atoms with E-state index in [-0.39, 0.29) is 0 Å². The number of aryl methyl sites for hydroxylation is 1. The van der Waals surface area contributed by atoms with E-state index in [0.717, 1.165) is 12.0 Å². The lowest BCUT2D eigenvalue weighted by Gasteiger charge is -2.05. The second-order valence-electron chi connectivity index (χ2n) is 3.41. The average molecular weight is 200 g/mol. The molecule has 0 atom stereocenters. The first-order chi connectivity index (χ1) is 7.22. The van der Waals surface area contributed by atoms with Crippen LogP contribution in [-0.2, 0) is 6.42 Å². The van der Waals surface area contributed by atoms with Crippen molar-refractivity contribution >= 4 is 5.70 Å². The van der Waals surface area contributed by atoms with Crippen LogP contribution in [0.2, 0.25) is 0 Å². The van der Waals surface area contributed by atoms with Crippen LogP contribution < -0.4 is 5.73 Å². The molecule has 2 nitrogen and oxygen atoms in total. The second kappa shape index (κ2) is 5.21. The van der Waals surface area contributed by atoms with Gasteiger partial charge in [-0.25, -0.2) is 0 Å². The van der Waals surface area contributed by atoms with E-state index in [4.69, 9.17) is 11.0 Å². The highest BCUT2D eigenvalue weighted by molar-refractivity contribution is 5.69. The Balaban J connectivity index is 3.07. The number of hydrogen-bond donors (Lipinski definition) is 1. The lowest BCUT2D eigenvalue weighted by molar-refractivity contribution is 1.13. The SMILES string of the molecule is CC/C(C#N)=C(/N)c1ccc(CC)cc1. The highest BCUT2D eigenvalue weighted by Gasteiger charge is 2.03. The molecule has 15 heavy (non-hydrogen) atoms. The van der Waals surface area contributed by atoms with Crippen molar-refractivity contribution in [3.05, 3.63) is 41.0 Å². The average Bonchev–Trinajstić information content (AvgIpc) is 2.30. The van der Waals surface area contributed by atoms with E-state index in [9.17, 15) is 0 Å². The highest BCUT2D eigenvalue weighted by Crippen LogP contribution is 2.16. The molecule has 2 N–H and O–H groups in total. The Kier molecular flexibility index (Phi) is 3.93. The van der Waals surface area contributed by atoms with Gasteiger partial charge in [-0.05, 0) is 24.0 Å². The molecule has 0 saturated heterocycles. The number of rotatable bonds is 3. The Bertz CT molecular complexity index is 394. The van der Waals surface area contributed by atoms with Gasteiger partial charge in [0, 0.05) is 0 Å². The van der Waals surface area contributed by atoms with Gasteiger partial charge in [-0.1, -0.05) is 38.1 Å². The molecule has 0 spiro atoms. The third kappa shape index (κ3) is 2.60. The number of allylic oxidation sites excluding steroid dienone is 1. The van der Waals surface area contributed by atoms with Gasteiger partial charge in [0.05, 0.1) is 17.3 Å².